The number of aryl methyl sites for hydroxylation is 1. The van der Waals surface area contributed by atoms with E-state index in [0.717, 1.165) is 28.1 Å². The Labute approximate surface area is 122 Å². The van der Waals surface area contributed by atoms with E-state index in [0.29, 0.717) is 5.58 Å². The van der Waals surface area contributed by atoms with E-state index in [1.807, 2.05) is 49.4 Å². The Morgan fingerprint density at radius 3 is 2.43 bits per heavy atom. The summed E-state index contributed by atoms with van der Waals surface area (Å²) in [6.45, 7) is 1.90. The van der Waals surface area contributed by atoms with E-state index in [1.54, 1.807) is 7.11 Å². The summed E-state index contributed by atoms with van der Waals surface area (Å²) in [4.78, 5) is 11.4. The van der Waals surface area contributed by atoms with E-state index < -0.39 is 0 Å². The molecule has 1 aromatic heterocycles. The van der Waals surface area contributed by atoms with Crippen LogP contribution < -0.4 is 15.7 Å². The molecule has 1 N–H and O–H groups in total. The Balaban J connectivity index is 1.95. The van der Waals surface area contributed by atoms with Crippen LogP contribution in [0.5, 0.6) is 5.75 Å². The van der Waals surface area contributed by atoms with Crippen LogP contribution >= 0.6 is 0 Å². The van der Waals surface area contributed by atoms with Crippen molar-refractivity contribution in [3.8, 4) is 5.75 Å². The zero-order valence-electron chi connectivity index (χ0n) is 11.8. The number of hydrogen-bond acceptors (Lipinski definition) is 4. The van der Waals surface area contributed by atoms with Gasteiger partial charge >= 0.3 is 5.63 Å². The third kappa shape index (κ3) is 2.74. The molecule has 3 aromatic rings. The van der Waals surface area contributed by atoms with Crippen LogP contribution in [-0.2, 0) is 0 Å². The zero-order chi connectivity index (χ0) is 14.8. The number of rotatable bonds is 3. The highest BCUT2D eigenvalue weighted by molar-refractivity contribution is 5.84. The van der Waals surface area contributed by atoms with Crippen molar-refractivity contribution in [1.82, 2.24) is 0 Å². The maximum absolute atomic E-state index is 11.4. The lowest BCUT2D eigenvalue weighted by Crippen LogP contribution is -1.98. The molecule has 2 aromatic carbocycles. The molecule has 0 aliphatic rings. The van der Waals surface area contributed by atoms with E-state index in [9.17, 15) is 4.79 Å². The second-order valence-corrected chi connectivity index (χ2v) is 4.81. The Morgan fingerprint density at radius 1 is 1.00 bits per heavy atom. The van der Waals surface area contributed by atoms with Gasteiger partial charge in [-0.1, -0.05) is 0 Å². The predicted octanol–water partition coefficient (Wildman–Crippen LogP) is 3.85. The van der Waals surface area contributed by atoms with Crippen LogP contribution in [0.4, 0.5) is 11.4 Å². The van der Waals surface area contributed by atoms with Crippen LogP contribution in [0, 0.1) is 6.92 Å². The molecule has 0 bridgehead atoms. The summed E-state index contributed by atoms with van der Waals surface area (Å²) < 4.78 is 10.4. The predicted molar refractivity (Wildman–Crippen MR) is 83.5 cm³/mol. The fourth-order valence-electron chi connectivity index (χ4n) is 2.24. The molecule has 4 nitrogen and oxygen atoms in total. The Morgan fingerprint density at radius 2 is 1.71 bits per heavy atom. The van der Waals surface area contributed by atoms with Crippen molar-refractivity contribution in [2.45, 2.75) is 6.92 Å². The number of nitrogens with one attached hydrogen (secondary N) is 1. The van der Waals surface area contributed by atoms with E-state index in [4.69, 9.17) is 9.15 Å². The molecule has 3 rings (SSSR count). The van der Waals surface area contributed by atoms with E-state index in [1.165, 1.54) is 6.07 Å². The number of anilines is 2. The minimum Gasteiger partial charge on any atom is -0.497 e. The summed E-state index contributed by atoms with van der Waals surface area (Å²) in [6.07, 6.45) is 0. The Bertz CT molecular complexity index is 835. The van der Waals surface area contributed by atoms with Crippen molar-refractivity contribution in [3.05, 3.63) is 64.5 Å². The molecule has 0 amide bonds. The molecule has 1 heterocycles. The maximum atomic E-state index is 11.4. The highest BCUT2D eigenvalue weighted by Crippen LogP contribution is 2.24. The number of benzene rings is 2. The summed E-state index contributed by atoms with van der Waals surface area (Å²) >= 11 is 0. The summed E-state index contributed by atoms with van der Waals surface area (Å²) in [5.41, 5.74) is 2.96. The Kier molecular flexibility index (Phi) is 3.36. The summed E-state index contributed by atoms with van der Waals surface area (Å²) in [5.74, 6) is 0.806. The number of hydrogen-bond donors (Lipinski definition) is 1. The first-order chi connectivity index (χ1) is 10.2. The Hall–Kier alpha value is -2.75. The standard InChI is InChI=1S/C17H15NO3/c1-11-9-17(19)21-16-10-13(5-8-15(11)16)18-12-3-6-14(20-2)7-4-12/h3-10,18H,1-2H3. The van der Waals surface area contributed by atoms with Gasteiger partial charge < -0.3 is 14.5 Å². The lowest BCUT2D eigenvalue weighted by atomic mass is 10.1. The van der Waals surface area contributed by atoms with Crippen LogP contribution in [0.2, 0.25) is 0 Å². The number of methoxy groups -OCH3 is 1. The van der Waals surface area contributed by atoms with Gasteiger partial charge in [-0.05, 0) is 48.9 Å². The van der Waals surface area contributed by atoms with E-state index in [2.05, 4.69) is 5.32 Å². The molecule has 0 radical (unpaired) electrons. The summed E-state index contributed by atoms with van der Waals surface area (Å²) in [5, 5.41) is 4.21. The lowest BCUT2D eigenvalue weighted by molar-refractivity contribution is 0.415. The minimum absolute atomic E-state index is 0.332. The molecule has 0 atom stereocenters. The molecule has 21 heavy (non-hydrogen) atoms. The second kappa shape index (κ2) is 5.32. The quantitative estimate of drug-likeness (QED) is 0.741. The first-order valence-electron chi connectivity index (χ1n) is 6.61. The van der Waals surface area contributed by atoms with Crippen molar-refractivity contribution in [1.29, 1.82) is 0 Å². The first-order valence-corrected chi connectivity index (χ1v) is 6.61. The molecule has 106 valence electrons. The fraction of sp³-hybridized carbons (Fsp3) is 0.118. The smallest absolute Gasteiger partial charge is 0.336 e. The van der Waals surface area contributed by atoms with Crippen molar-refractivity contribution in [2.75, 3.05) is 12.4 Å². The van der Waals surface area contributed by atoms with Crippen LogP contribution in [0.25, 0.3) is 11.0 Å². The molecule has 0 spiro atoms. The molecule has 0 saturated carbocycles. The average molecular weight is 281 g/mol. The molecule has 0 unspecified atom stereocenters. The van der Waals surface area contributed by atoms with Crippen LogP contribution in [0.1, 0.15) is 5.56 Å². The van der Waals surface area contributed by atoms with Gasteiger partial charge in [-0.3, -0.25) is 0 Å². The van der Waals surface area contributed by atoms with Gasteiger partial charge in [0.25, 0.3) is 0 Å². The summed E-state index contributed by atoms with van der Waals surface area (Å²) in [6, 6.07) is 14.8. The van der Waals surface area contributed by atoms with E-state index in [-0.39, 0.29) is 5.63 Å². The highest BCUT2D eigenvalue weighted by Gasteiger charge is 2.04. The molecule has 0 aliphatic carbocycles. The fourth-order valence-corrected chi connectivity index (χ4v) is 2.24. The SMILES string of the molecule is COc1ccc(Nc2ccc3c(C)cc(=O)oc3c2)cc1. The van der Waals surface area contributed by atoms with Crippen molar-refractivity contribution in [2.24, 2.45) is 0 Å². The van der Waals surface area contributed by atoms with Gasteiger partial charge in [-0.2, -0.15) is 0 Å². The van der Waals surface area contributed by atoms with Gasteiger partial charge in [-0.15, -0.1) is 0 Å². The van der Waals surface area contributed by atoms with Gasteiger partial charge in [0, 0.05) is 28.9 Å². The van der Waals surface area contributed by atoms with Crippen molar-refractivity contribution < 1.29 is 9.15 Å². The van der Waals surface area contributed by atoms with Gasteiger partial charge in [0.05, 0.1) is 7.11 Å². The molecule has 0 aliphatic heterocycles. The second-order valence-electron chi connectivity index (χ2n) is 4.81. The van der Waals surface area contributed by atoms with Crippen LogP contribution in [-0.4, -0.2) is 7.11 Å². The van der Waals surface area contributed by atoms with Gasteiger partial charge in [-0.25, -0.2) is 4.79 Å². The van der Waals surface area contributed by atoms with E-state index >= 15 is 0 Å². The third-order valence-electron chi connectivity index (χ3n) is 3.33. The highest BCUT2D eigenvalue weighted by atomic mass is 16.5. The van der Waals surface area contributed by atoms with Crippen molar-refractivity contribution in [3.63, 3.8) is 0 Å². The largest absolute Gasteiger partial charge is 0.497 e. The zero-order valence-corrected chi connectivity index (χ0v) is 11.8. The van der Waals surface area contributed by atoms with Crippen LogP contribution in [0.15, 0.2) is 57.7 Å². The van der Waals surface area contributed by atoms with Gasteiger partial charge in [0.2, 0.25) is 0 Å². The summed E-state index contributed by atoms with van der Waals surface area (Å²) in [7, 11) is 1.64. The third-order valence-corrected chi connectivity index (χ3v) is 3.33. The first kappa shape index (κ1) is 13.2. The molecular weight excluding hydrogens is 266 g/mol. The normalized spacial score (nSPS) is 10.6. The monoisotopic (exact) mass is 281 g/mol. The minimum atomic E-state index is -0.332. The number of fused-ring (bicyclic) bond motifs is 1. The van der Waals surface area contributed by atoms with Gasteiger partial charge in [0.15, 0.2) is 0 Å². The topological polar surface area (TPSA) is 51.5 Å². The molecular formula is C17H15NO3. The molecule has 0 fully saturated rings. The van der Waals surface area contributed by atoms with Gasteiger partial charge in [0.1, 0.15) is 11.3 Å². The number of ether oxygens (including phenoxy) is 1. The molecule has 0 saturated heterocycles. The maximum Gasteiger partial charge on any atom is 0.336 e. The van der Waals surface area contributed by atoms with Crippen molar-refractivity contribution >= 4 is 22.3 Å². The molecule has 4 heteroatoms. The van der Waals surface area contributed by atoms with Crippen LogP contribution in [0.3, 0.4) is 0 Å². The lowest BCUT2D eigenvalue weighted by Gasteiger charge is -2.08. The average Bonchev–Trinajstić information content (AvgIpc) is 2.47.